The van der Waals surface area contributed by atoms with Crippen LogP contribution in [-0.2, 0) is 11.3 Å². The zero-order chi connectivity index (χ0) is 13.9. The zero-order valence-corrected chi connectivity index (χ0v) is 12.3. The van der Waals surface area contributed by atoms with E-state index in [-0.39, 0.29) is 18.3 Å². The van der Waals surface area contributed by atoms with Crippen LogP contribution in [0.1, 0.15) is 45.1 Å². The van der Waals surface area contributed by atoms with Gasteiger partial charge < -0.3 is 14.8 Å². The predicted octanol–water partition coefficient (Wildman–Crippen LogP) is 2.67. The van der Waals surface area contributed by atoms with Gasteiger partial charge in [0.25, 0.3) is 0 Å². The number of hydrogen-bond acceptors (Lipinski definition) is 4. The summed E-state index contributed by atoms with van der Waals surface area (Å²) in [4.78, 5) is 4.34. The molecule has 2 atom stereocenters. The molecule has 0 amide bonds. The quantitative estimate of drug-likeness (QED) is 0.898. The molecule has 0 radical (unpaired) electrons. The molecule has 110 valence electrons. The maximum Gasteiger partial charge on any atom is 0.213 e. The average Bonchev–Trinajstić information content (AvgIpc) is 3.19. The van der Waals surface area contributed by atoms with Crippen LogP contribution >= 0.6 is 0 Å². The summed E-state index contributed by atoms with van der Waals surface area (Å²) in [6.45, 7) is 5.12. The van der Waals surface area contributed by atoms with Crippen LogP contribution in [-0.4, -0.2) is 29.3 Å². The monoisotopic (exact) mass is 276 g/mol. The maximum atomic E-state index is 6.04. The maximum absolute atomic E-state index is 6.04. The van der Waals surface area contributed by atoms with Crippen LogP contribution in [0.5, 0.6) is 5.88 Å². The van der Waals surface area contributed by atoms with Crippen LogP contribution < -0.4 is 10.1 Å². The van der Waals surface area contributed by atoms with E-state index in [0.717, 1.165) is 31.3 Å². The molecule has 2 unspecified atom stereocenters. The van der Waals surface area contributed by atoms with Gasteiger partial charge in [-0.2, -0.15) is 0 Å². The first-order valence-corrected chi connectivity index (χ1v) is 7.69. The van der Waals surface area contributed by atoms with Crippen molar-refractivity contribution in [3.05, 3.63) is 23.9 Å². The second-order valence-electron chi connectivity index (χ2n) is 6.13. The molecular weight excluding hydrogens is 252 g/mol. The molecule has 2 fully saturated rings. The lowest BCUT2D eigenvalue weighted by Crippen LogP contribution is -2.35. The van der Waals surface area contributed by atoms with Gasteiger partial charge in [-0.15, -0.1) is 0 Å². The van der Waals surface area contributed by atoms with Gasteiger partial charge in [0, 0.05) is 37.7 Å². The third-order valence-electron chi connectivity index (χ3n) is 3.91. The Morgan fingerprint density at radius 1 is 1.30 bits per heavy atom. The van der Waals surface area contributed by atoms with Crippen molar-refractivity contribution in [2.45, 2.75) is 70.4 Å². The number of nitrogens with one attached hydrogen (secondary N) is 1. The SMILES string of the molecule is CC1CC(Oc2cc(CNC3CC3)ccn2)CC(C)O1. The summed E-state index contributed by atoms with van der Waals surface area (Å²) in [7, 11) is 0. The van der Waals surface area contributed by atoms with Crippen molar-refractivity contribution in [1.29, 1.82) is 0 Å². The summed E-state index contributed by atoms with van der Waals surface area (Å²) in [5, 5.41) is 3.51. The Bertz CT molecular complexity index is 438. The van der Waals surface area contributed by atoms with Gasteiger partial charge in [0.15, 0.2) is 0 Å². The number of hydrogen-bond donors (Lipinski definition) is 1. The van der Waals surface area contributed by atoms with E-state index < -0.39 is 0 Å². The largest absolute Gasteiger partial charge is 0.474 e. The summed E-state index contributed by atoms with van der Waals surface area (Å²) in [6.07, 6.45) is 7.09. The Kier molecular flexibility index (Phi) is 4.22. The number of aromatic nitrogens is 1. The normalized spacial score (nSPS) is 30.2. The molecule has 1 saturated carbocycles. The van der Waals surface area contributed by atoms with Crippen LogP contribution in [0.15, 0.2) is 18.3 Å². The second-order valence-corrected chi connectivity index (χ2v) is 6.13. The molecule has 2 heterocycles. The van der Waals surface area contributed by atoms with E-state index >= 15 is 0 Å². The molecule has 1 aromatic heterocycles. The fourth-order valence-electron chi connectivity index (χ4n) is 2.79. The second kappa shape index (κ2) is 6.10. The molecular formula is C16H24N2O2. The first kappa shape index (κ1) is 13.8. The number of pyridine rings is 1. The summed E-state index contributed by atoms with van der Waals surface area (Å²) in [6, 6.07) is 4.84. The van der Waals surface area contributed by atoms with Crippen LogP contribution in [0.25, 0.3) is 0 Å². The molecule has 3 rings (SSSR count). The highest BCUT2D eigenvalue weighted by Gasteiger charge is 2.26. The van der Waals surface area contributed by atoms with Crippen molar-refractivity contribution in [3.63, 3.8) is 0 Å². The molecule has 0 bridgehead atoms. The van der Waals surface area contributed by atoms with Crippen LogP contribution in [0.2, 0.25) is 0 Å². The smallest absolute Gasteiger partial charge is 0.213 e. The van der Waals surface area contributed by atoms with Gasteiger partial charge in [0.1, 0.15) is 6.10 Å². The average molecular weight is 276 g/mol. The van der Waals surface area contributed by atoms with E-state index in [1.165, 1.54) is 18.4 Å². The van der Waals surface area contributed by atoms with Crippen molar-refractivity contribution in [2.24, 2.45) is 0 Å². The highest BCUT2D eigenvalue weighted by molar-refractivity contribution is 5.21. The standard InChI is InChI=1S/C16H24N2O2/c1-11-7-15(8-12(2)19-11)20-16-9-13(5-6-17-16)10-18-14-3-4-14/h5-6,9,11-12,14-15,18H,3-4,7-8,10H2,1-2H3. The van der Waals surface area contributed by atoms with Gasteiger partial charge in [-0.3, -0.25) is 0 Å². The zero-order valence-electron chi connectivity index (χ0n) is 12.3. The number of nitrogens with zero attached hydrogens (tertiary/aromatic N) is 1. The van der Waals surface area contributed by atoms with Gasteiger partial charge in [-0.25, -0.2) is 4.98 Å². The lowest BCUT2D eigenvalue weighted by molar-refractivity contribution is -0.0729. The molecule has 4 heteroatoms. The van der Waals surface area contributed by atoms with Crippen molar-refractivity contribution < 1.29 is 9.47 Å². The summed E-state index contributed by atoms with van der Waals surface area (Å²) < 4.78 is 11.8. The molecule has 0 aromatic carbocycles. The summed E-state index contributed by atoms with van der Waals surface area (Å²) in [5.41, 5.74) is 1.25. The Morgan fingerprint density at radius 3 is 2.75 bits per heavy atom. The highest BCUT2D eigenvalue weighted by atomic mass is 16.5. The Morgan fingerprint density at radius 2 is 2.05 bits per heavy atom. The minimum atomic E-state index is 0.216. The molecule has 0 spiro atoms. The van der Waals surface area contributed by atoms with E-state index in [4.69, 9.17) is 9.47 Å². The number of rotatable bonds is 5. The van der Waals surface area contributed by atoms with Gasteiger partial charge >= 0.3 is 0 Å². The van der Waals surface area contributed by atoms with E-state index in [0.29, 0.717) is 0 Å². The lowest BCUT2D eigenvalue weighted by Gasteiger charge is -2.31. The van der Waals surface area contributed by atoms with Gasteiger partial charge in [0.2, 0.25) is 5.88 Å². The van der Waals surface area contributed by atoms with Crippen LogP contribution in [0.4, 0.5) is 0 Å². The predicted molar refractivity (Wildman–Crippen MR) is 77.8 cm³/mol. The van der Waals surface area contributed by atoms with Gasteiger partial charge in [-0.1, -0.05) is 0 Å². The Balaban J connectivity index is 1.57. The van der Waals surface area contributed by atoms with Crippen molar-refractivity contribution in [1.82, 2.24) is 10.3 Å². The molecule has 1 aromatic rings. The van der Waals surface area contributed by atoms with E-state index in [1.54, 1.807) is 0 Å². The van der Waals surface area contributed by atoms with Crippen molar-refractivity contribution >= 4 is 0 Å². The number of ether oxygens (including phenoxy) is 2. The fraction of sp³-hybridized carbons (Fsp3) is 0.688. The minimum Gasteiger partial charge on any atom is -0.474 e. The minimum absolute atomic E-state index is 0.216. The lowest BCUT2D eigenvalue weighted by atomic mass is 10.0. The molecule has 20 heavy (non-hydrogen) atoms. The van der Waals surface area contributed by atoms with Crippen molar-refractivity contribution in [2.75, 3.05) is 0 Å². The molecule has 1 aliphatic carbocycles. The third-order valence-corrected chi connectivity index (χ3v) is 3.91. The van der Waals surface area contributed by atoms with Gasteiger partial charge in [-0.05, 0) is 38.3 Å². The Hall–Kier alpha value is -1.13. The summed E-state index contributed by atoms with van der Waals surface area (Å²) in [5.74, 6) is 0.742. The van der Waals surface area contributed by atoms with Crippen LogP contribution in [0, 0.1) is 0 Å². The molecule has 1 aliphatic heterocycles. The van der Waals surface area contributed by atoms with E-state index in [2.05, 4.69) is 36.3 Å². The highest BCUT2D eigenvalue weighted by Crippen LogP contribution is 2.24. The van der Waals surface area contributed by atoms with Crippen LogP contribution in [0.3, 0.4) is 0 Å². The molecule has 1 N–H and O–H groups in total. The molecule has 2 aliphatic rings. The topological polar surface area (TPSA) is 43.4 Å². The van der Waals surface area contributed by atoms with Gasteiger partial charge in [0.05, 0.1) is 12.2 Å². The third kappa shape index (κ3) is 3.93. The van der Waals surface area contributed by atoms with Crippen molar-refractivity contribution in [3.8, 4) is 5.88 Å². The van der Waals surface area contributed by atoms with E-state index in [1.807, 2.05) is 6.20 Å². The summed E-state index contributed by atoms with van der Waals surface area (Å²) >= 11 is 0. The van der Waals surface area contributed by atoms with E-state index in [9.17, 15) is 0 Å². The first-order chi connectivity index (χ1) is 9.69. The molecule has 1 saturated heterocycles. The Labute approximate surface area is 120 Å². The first-order valence-electron chi connectivity index (χ1n) is 7.69. The molecule has 4 nitrogen and oxygen atoms in total. The fourth-order valence-corrected chi connectivity index (χ4v) is 2.79.